The highest BCUT2D eigenvalue weighted by molar-refractivity contribution is 7.17. The largest absolute Gasteiger partial charge is 0.419 e. The van der Waals surface area contributed by atoms with Crippen LogP contribution in [0.3, 0.4) is 0 Å². The summed E-state index contributed by atoms with van der Waals surface area (Å²) in [6.07, 6.45) is -1.40. The predicted molar refractivity (Wildman–Crippen MR) is 48.7 cm³/mol. The second kappa shape index (κ2) is 3.23. The number of aromatic nitrogens is 3. The maximum Gasteiger partial charge on any atom is 0.419 e. The minimum atomic E-state index is -4.39. The van der Waals surface area contributed by atoms with E-state index < -0.39 is 11.7 Å². The van der Waals surface area contributed by atoms with Crippen molar-refractivity contribution in [3.05, 3.63) is 24.2 Å². The average molecular weight is 234 g/mol. The highest BCUT2D eigenvalue weighted by Crippen LogP contribution is 2.29. The van der Waals surface area contributed by atoms with E-state index in [9.17, 15) is 13.2 Å². The lowest BCUT2D eigenvalue weighted by atomic mass is 10.4. The minimum absolute atomic E-state index is 0.308. The quantitative estimate of drug-likeness (QED) is 0.820. The molecule has 0 saturated heterocycles. The average Bonchev–Trinajstić information content (AvgIpc) is 2.69. The molecule has 2 aromatic heterocycles. The van der Waals surface area contributed by atoms with Crippen LogP contribution in [0.15, 0.2) is 18.6 Å². The van der Waals surface area contributed by atoms with Crippen LogP contribution in [-0.4, -0.2) is 14.8 Å². The van der Waals surface area contributed by atoms with Gasteiger partial charge in [0.05, 0.1) is 18.0 Å². The van der Waals surface area contributed by atoms with Crippen LogP contribution >= 0.6 is 11.3 Å². The number of hydrogen-bond donors (Lipinski definition) is 1. The number of thiazole rings is 1. The summed E-state index contributed by atoms with van der Waals surface area (Å²) in [6.45, 7) is 0. The summed E-state index contributed by atoms with van der Waals surface area (Å²) in [5.41, 5.74) is 4.59. The van der Waals surface area contributed by atoms with Gasteiger partial charge in [-0.15, -0.1) is 0 Å². The van der Waals surface area contributed by atoms with Crippen molar-refractivity contribution in [3.8, 4) is 5.13 Å². The molecule has 0 bridgehead atoms. The molecular weight excluding hydrogens is 229 g/mol. The third-order valence-corrected chi connectivity index (χ3v) is 2.43. The summed E-state index contributed by atoms with van der Waals surface area (Å²) in [5, 5.41) is 4.29. The molecule has 2 N–H and O–H groups in total. The molecular formula is C7H5F3N4S. The van der Waals surface area contributed by atoms with Gasteiger partial charge < -0.3 is 5.73 Å². The molecule has 0 atom stereocenters. The van der Waals surface area contributed by atoms with Crippen LogP contribution in [0.2, 0.25) is 0 Å². The van der Waals surface area contributed by atoms with E-state index in [1.165, 1.54) is 6.20 Å². The number of nitrogen functional groups attached to an aromatic ring is 1. The first-order valence-corrected chi connectivity index (χ1v) is 4.62. The Morgan fingerprint density at radius 2 is 2.07 bits per heavy atom. The molecule has 2 heterocycles. The third kappa shape index (κ3) is 1.94. The van der Waals surface area contributed by atoms with Crippen LogP contribution in [0.5, 0.6) is 0 Å². The summed E-state index contributed by atoms with van der Waals surface area (Å²) < 4.78 is 37.7. The fourth-order valence-corrected chi connectivity index (χ4v) is 1.57. The maximum absolute atomic E-state index is 12.2. The standard InChI is InChI=1S/C7H5F3N4S/c8-7(9,10)4-1-13-14(3-4)6-12-2-5(11)15-6/h1-3H,11H2. The smallest absolute Gasteiger partial charge is 0.389 e. The zero-order valence-electron chi connectivity index (χ0n) is 7.19. The van der Waals surface area contributed by atoms with Gasteiger partial charge in [-0.1, -0.05) is 11.3 Å². The van der Waals surface area contributed by atoms with Crippen LogP contribution < -0.4 is 5.73 Å². The molecule has 0 saturated carbocycles. The van der Waals surface area contributed by atoms with E-state index in [-0.39, 0.29) is 0 Å². The highest BCUT2D eigenvalue weighted by atomic mass is 32.1. The van der Waals surface area contributed by atoms with Crippen molar-refractivity contribution in [3.63, 3.8) is 0 Å². The molecule has 0 fully saturated rings. The number of anilines is 1. The Kier molecular flexibility index (Phi) is 2.14. The molecule has 0 aliphatic rings. The normalized spacial score (nSPS) is 11.9. The van der Waals surface area contributed by atoms with Crippen molar-refractivity contribution in [1.82, 2.24) is 14.8 Å². The summed E-state index contributed by atoms with van der Waals surface area (Å²) in [4.78, 5) is 3.81. The summed E-state index contributed by atoms with van der Waals surface area (Å²) >= 11 is 1.06. The molecule has 15 heavy (non-hydrogen) atoms. The molecule has 2 aromatic rings. The molecule has 4 nitrogen and oxygen atoms in total. The van der Waals surface area contributed by atoms with E-state index in [4.69, 9.17) is 5.73 Å². The van der Waals surface area contributed by atoms with Gasteiger partial charge in [-0.25, -0.2) is 9.67 Å². The van der Waals surface area contributed by atoms with Gasteiger partial charge in [-0.2, -0.15) is 18.3 Å². The monoisotopic (exact) mass is 234 g/mol. The van der Waals surface area contributed by atoms with Gasteiger partial charge in [0.25, 0.3) is 0 Å². The van der Waals surface area contributed by atoms with Gasteiger partial charge in [0.15, 0.2) is 0 Å². The van der Waals surface area contributed by atoms with Crippen LogP contribution in [0.25, 0.3) is 5.13 Å². The van der Waals surface area contributed by atoms with Crippen molar-refractivity contribution in [2.24, 2.45) is 0 Å². The fraction of sp³-hybridized carbons (Fsp3) is 0.143. The zero-order valence-corrected chi connectivity index (χ0v) is 8.01. The molecule has 80 valence electrons. The van der Waals surface area contributed by atoms with Gasteiger partial charge >= 0.3 is 6.18 Å². The number of hydrogen-bond acceptors (Lipinski definition) is 4. The Morgan fingerprint density at radius 1 is 1.33 bits per heavy atom. The Morgan fingerprint density at radius 3 is 2.53 bits per heavy atom. The molecule has 0 spiro atoms. The van der Waals surface area contributed by atoms with E-state index in [2.05, 4.69) is 10.1 Å². The van der Waals surface area contributed by atoms with E-state index in [0.717, 1.165) is 28.4 Å². The van der Waals surface area contributed by atoms with E-state index >= 15 is 0 Å². The topological polar surface area (TPSA) is 56.7 Å². The first-order valence-electron chi connectivity index (χ1n) is 3.80. The van der Waals surface area contributed by atoms with E-state index in [0.29, 0.717) is 10.1 Å². The molecule has 0 amide bonds. The maximum atomic E-state index is 12.2. The third-order valence-electron chi connectivity index (χ3n) is 1.62. The summed E-state index contributed by atoms with van der Waals surface area (Å²) in [6, 6.07) is 0. The van der Waals surface area contributed by atoms with Crippen molar-refractivity contribution >= 4 is 16.3 Å². The first-order chi connectivity index (χ1) is 6.97. The lowest BCUT2D eigenvalue weighted by molar-refractivity contribution is -0.137. The van der Waals surface area contributed by atoms with Gasteiger partial charge in [0, 0.05) is 6.20 Å². The Bertz CT molecular complexity index is 473. The molecule has 0 aliphatic heterocycles. The number of nitrogens with two attached hydrogens (primary N) is 1. The van der Waals surface area contributed by atoms with Crippen LogP contribution in [0.1, 0.15) is 5.56 Å². The Balaban J connectivity index is 2.36. The molecule has 0 aromatic carbocycles. The lowest BCUT2D eigenvalue weighted by Gasteiger charge is -1.99. The molecule has 0 unspecified atom stereocenters. The zero-order chi connectivity index (χ0) is 11.1. The predicted octanol–water partition coefficient (Wildman–Crippen LogP) is 1.93. The second-order valence-corrected chi connectivity index (χ2v) is 3.76. The van der Waals surface area contributed by atoms with Crippen molar-refractivity contribution in [2.75, 3.05) is 5.73 Å². The van der Waals surface area contributed by atoms with Gasteiger partial charge in [0.1, 0.15) is 5.00 Å². The number of halogens is 3. The Hall–Kier alpha value is -1.57. The summed E-state index contributed by atoms with van der Waals surface area (Å²) in [7, 11) is 0. The Labute approximate surface area is 86.2 Å². The van der Waals surface area contributed by atoms with E-state index in [1.807, 2.05) is 0 Å². The highest BCUT2D eigenvalue weighted by Gasteiger charge is 2.32. The number of alkyl halides is 3. The number of nitrogens with zero attached hydrogens (tertiary/aromatic N) is 3. The van der Waals surface area contributed by atoms with Gasteiger partial charge in [-0.3, -0.25) is 0 Å². The van der Waals surface area contributed by atoms with Crippen LogP contribution in [-0.2, 0) is 6.18 Å². The SMILES string of the molecule is Nc1cnc(-n2cc(C(F)(F)F)cn2)s1. The molecule has 0 radical (unpaired) electrons. The first kappa shape index (κ1) is 9.97. The van der Waals surface area contributed by atoms with Gasteiger partial charge in [0.2, 0.25) is 5.13 Å². The number of rotatable bonds is 1. The molecule has 8 heteroatoms. The molecule has 0 aliphatic carbocycles. The fourth-order valence-electron chi connectivity index (χ4n) is 0.957. The molecule has 2 rings (SSSR count). The lowest BCUT2D eigenvalue weighted by Crippen LogP contribution is -2.02. The van der Waals surface area contributed by atoms with Crippen LogP contribution in [0.4, 0.5) is 18.2 Å². The van der Waals surface area contributed by atoms with Crippen molar-refractivity contribution in [1.29, 1.82) is 0 Å². The van der Waals surface area contributed by atoms with Crippen molar-refractivity contribution < 1.29 is 13.2 Å². The summed E-state index contributed by atoms with van der Waals surface area (Å²) in [5.74, 6) is 0. The van der Waals surface area contributed by atoms with Gasteiger partial charge in [-0.05, 0) is 0 Å². The second-order valence-electron chi connectivity index (χ2n) is 2.72. The van der Waals surface area contributed by atoms with Crippen LogP contribution in [0, 0.1) is 0 Å². The van der Waals surface area contributed by atoms with Crippen molar-refractivity contribution in [2.45, 2.75) is 6.18 Å². The minimum Gasteiger partial charge on any atom is -0.389 e. The van der Waals surface area contributed by atoms with E-state index in [1.54, 1.807) is 0 Å².